The molecule has 4 N–H and O–H groups in total. The highest BCUT2D eigenvalue weighted by Gasteiger charge is 2.27. The van der Waals surface area contributed by atoms with Gasteiger partial charge in [-0.2, -0.15) is 0 Å². The number of rotatable bonds is 4. The zero-order valence-electron chi connectivity index (χ0n) is 11.6. The van der Waals surface area contributed by atoms with Crippen LogP contribution in [0.2, 0.25) is 0 Å². The van der Waals surface area contributed by atoms with Crippen LogP contribution < -0.4 is 16.4 Å². The van der Waals surface area contributed by atoms with Gasteiger partial charge in [0, 0.05) is 32.7 Å². The molecule has 6 nitrogen and oxygen atoms in total. The Balaban J connectivity index is 1.67. The van der Waals surface area contributed by atoms with Crippen molar-refractivity contribution >= 4 is 17.4 Å². The van der Waals surface area contributed by atoms with Crippen LogP contribution in [-0.2, 0) is 0 Å². The second kappa shape index (κ2) is 5.28. The number of nitrogen functional groups attached to an aromatic ring is 1. The molecular formula is C14H21N5O. The fourth-order valence-electron chi connectivity index (χ4n) is 2.66. The number of amides is 1. The van der Waals surface area contributed by atoms with Gasteiger partial charge in [-0.25, -0.2) is 4.98 Å². The Hall–Kier alpha value is -1.82. The van der Waals surface area contributed by atoms with Gasteiger partial charge in [0.05, 0.1) is 5.69 Å². The first-order chi connectivity index (χ1) is 9.63. The van der Waals surface area contributed by atoms with Gasteiger partial charge in [0.25, 0.3) is 5.91 Å². The number of hydrogen-bond donors (Lipinski definition) is 2. The molecule has 1 aliphatic heterocycles. The van der Waals surface area contributed by atoms with Crippen molar-refractivity contribution in [1.29, 1.82) is 0 Å². The van der Waals surface area contributed by atoms with Gasteiger partial charge >= 0.3 is 0 Å². The van der Waals surface area contributed by atoms with Crippen molar-refractivity contribution in [2.75, 3.05) is 43.4 Å². The molecule has 1 amide bonds. The van der Waals surface area contributed by atoms with Crippen LogP contribution in [0.5, 0.6) is 0 Å². The molecule has 0 spiro atoms. The largest absolute Gasteiger partial charge is 0.396 e. The van der Waals surface area contributed by atoms with E-state index in [0.29, 0.717) is 11.5 Å². The Kier molecular flexibility index (Phi) is 3.48. The summed E-state index contributed by atoms with van der Waals surface area (Å²) in [6.45, 7) is 5.06. The predicted molar refractivity (Wildman–Crippen MR) is 78.5 cm³/mol. The third-order valence-electron chi connectivity index (χ3n) is 4.04. The Morgan fingerprint density at radius 1 is 1.25 bits per heavy atom. The highest BCUT2D eigenvalue weighted by molar-refractivity contribution is 5.91. The average Bonchev–Trinajstić information content (AvgIpc) is 3.24. The molecule has 0 aromatic carbocycles. The molecule has 1 aliphatic carbocycles. The molecule has 20 heavy (non-hydrogen) atoms. The third kappa shape index (κ3) is 2.85. The number of primary amides is 1. The first kappa shape index (κ1) is 13.2. The number of carbonyl (C=O) groups excluding carboxylic acids is 1. The Bertz CT molecular complexity index is 506. The summed E-state index contributed by atoms with van der Waals surface area (Å²) in [6.07, 6.45) is 2.77. The van der Waals surface area contributed by atoms with E-state index in [0.717, 1.165) is 32.1 Å². The van der Waals surface area contributed by atoms with Crippen LogP contribution in [0.1, 0.15) is 23.3 Å². The molecule has 6 heteroatoms. The van der Waals surface area contributed by atoms with Gasteiger partial charge in [0.2, 0.25) is 0 Å². The van der Waals surface area contributed by atoms with Crippen LogP contribution in [0.25, 0.3) is 0 Å². The molecule has 2 fully saturated rings. The van der Waals surface area contributed by atoms with Crippen LogP contribution >= 0.6 is 0 Å². The molecule has 3 rings (SSSR count). The number of piperazine rings is 1. The third-order valence-corrected chi connectivity index (χ3v) is 4.04. The fourth-order valence-corrected chi connectivity index (χ4v) is 2.66. The van der Waals surface area contributed by atoms with Gasteiger partial charge in [0.1, 0.15) is 5.69 Å². The zero-order valence-corrected chi connectivity index (χ0v) is 11.6. The SMILES string of the molecule is NC(=O)c1ccc(N)c(N2CCN(CC3CC3)CC2)n1. The van der Waals surface area contributed by atoms with Crippen LogP contribution in [0.15, 0.2) is 12.1 Å². The monoisotopic (exact) mass is 275 g/mol. The quantitative estimate of drug-likeness (QED) is 0.825. The lowest BCUT2D eigenvalue weighted by Gasteiger charge is -2.36. The van der Waals surface area contributed by atoms with Crippen molar-refractivity contribution in [3.05, 3.63) is 17.8 Å². The lowest BCUT2D eigenvalue weighted by Crippen LogP contribution is -2.47. The first-order valence-corrected chi connectivity index (χ1v) is 7.17. The molecule has 0 radical (unpaired) electrons. The van der Waals surface area contributed by atoms with Crippen molar-refractivity contribution in [2.45, 2.75) is 12.8 Å². The van der Waals surface area contributed by atoms with Crippen molar-refractivity contribution in [3.8, 4) is 0 Å². The molecule has 2 aliphatic rings. The van der Waals surface area contributed by atoms with E-state index in [1.165, 1.54) is 19.4 Å². The molecule has 1 aromatic heterocycles. The average molecular weight is 275 g/mol. The molecule has 1 saturated heterocycles. The van der Waals surface area contributed by atoms with Gasteiger partial charge in [0.15, 0.2) is 5.82 Å². The minimum Gasteiger partial charge on any atom is -0.396 e. The van der Waals surface area contributed by atoms with E-state index in [9.17, 15) is 4.79 Å². The second-order valence-electron chi connectivity index (χ2n) is 5.70. The summed E-state index contributed by atoms with van der Waals surface area (Å²) < 4.78 is 0. The Morgan fingerprint density at radius 3 is 2.55 bits per heavy atom. The number of nitrogens with two attached hydrogens (primary N) is 2. The highest BCUT2D eigenvalue weighted by Crippen LogP contribution is 2.30. The molecule has 1 aromatic rings. The summed E-state index contributed by atoms with van der Waals surface area (Å²) in [5.41, 5.74) is 12.1. The molecule has 1 saturated carbocycles. The van der Waals surface area contributed by atoms with Gasteiger partial charge in [-0.15, -0.1) is 0 Å². The summed E-state index contributed by atoms with van der Waals surface area (Å²) in [6, 6.07) is 3.28. The smallest absolute Gasteiger partial charge is 0.267 e. The predicted octanol–water partition coefficient (Wildman–Crippen LogP) is 0.295. The first-order valence-electron chi connectivity index (χ1n) is 7.17. The van der Waals surface area contributed by atoms with Crippen LogP contribution in [0.3, 0.4) is 0 Å². The van der Waals surface area contributed by atoms with Crippen LogP contribution in [-0.4, -0.2) is 48.5 Å². The van der Waals surface area contributed by atoms with Gasteiger partial charge in [-0.1, -0.05) is 0 Å². The van der Waals surface area contributed by atoms with Gasteiger partial charge in [-0.05, 0) is 30.9 Å². The standard InChI is InChI=1S/C14H21N5O/c15-11-3-4-12(13(16)20)17-14(11)19-7-5-18(6-8-19)9-10-1-2-10/h3-4,10H,1-2,5-9,15H2,(H2,16,20). The van der Waals surface area contributed by atoms with E-state index in [2.05, 4.69) is 14.8 Å². The number of carbonyl (C=O) groups is 1. The van der Waals surface area contributed by atoms with E-state index in [1.54, 1.807) is 12.1 Å². The van der Waals surface area contributed by atoms with Gasteiger partial charge in [-0.3, -0.25) is 9.69 Å². The van der Waals surface area contributed by atoms with Crippen molar-refractivity contribution < 1.29 is 4.79 Å². The van der Waals surface area contributed by atoms with E-state index in [-0.39, 0.29) is 5.69 Å². The molecule has 0 bridgehead atoms. The highest BCUT2D eigenvalue weighted by atomic mass is 16.1. The molecule has 0 unspecified atom stereocenters. The maximum atomic E-state index is 11.2. The van der Waals surface area contributed by atoms with Crippen molar-refractivity contribution in [1.82, 2.24) is 9.88 Å². The summed E-state index contributed by atoms with van der Waals surface area (Å²) in [4.78, 5) is 20.2. The van der Waals surface area contributed by atoms with Gasteiger partial charge < -0.3 is 16.4 Å². The lowest BCUT2D eigenvalue weighted by atomic mass is 10.2. The second-order valence-corrected chi connectivity index (χ2v) is 5.70. The Morgan fingerprint density at radius 2 is 1.95 bits per heavy atom. The van der Waals surface area contributed by atoms with Crippen LogP contribution in [0.4, 0.5) is 11.5 Å². The maximum absolute atomic E-state index is 11.2. The van der Waals surface area contributed by atoms with E-state index < -0.39 is 5.91 Å². The van der Waals surface area contributed by atoms with E-state index in [4.69, 9.17) is 11.5 Å². The molecular weight excluding hydrogens is 254 g/mol. The minimum atomic E-state index is -0.515. The van der Waals surface area contributed by atoms with Crippen molar-refractivity contribution in [3.63, 3.8) is 0 Å². The normalized spacial score (nSPS) is 20.1. The number of aromatic nitrogens is 1. The molecule has 108 valence electrons. The van der Waals surface area contributed by atoms with E-state index in [1.807, 2.05) is 0 Å². The number of hydrogen-bond acceptors (Lipinski definition) is 5. The minimum absolute atomic E-state index is 0.273. The number of anilines is 2. The summed E-state index contributed by atoms with van der Waals surface area (Å²) in [7, 11) is 0. The van der Waals surface area contributed by atoms with E-state index >= 15 is 0 Å². The van der Waals surface area contributed by atoms with Crippen molar-refractivity contribution in [2.24, 2.45) is 11.7 Å². The maximum Gasteiger partial charge on any atom is 0.267 e. The Labute approximate surface area is 118 Å². The molecule has 2 heterocycles. The van der Waals surface area contributed by atoms with Crippen LogP contribution in [0, 0.1) is 5.92 Å². The summed E-state index contributed by atoms with van der Waals surface area (Å²) in [5.74, 6) is 1.09. The fraction of sp³-hybridized carbons (Fsp3) is 0.571. The lowest BCUT2D eigenvalue weighted by molar-refractivity contribution is 0.0995. The zero-order chi connectivity index (χ0) is 14.1. The topological polar surface area (TPSA) is 88.5 Å². The number of pyridine rings is 1. The molecule has 0 atom stereocenters. The number of nitrogens with zero attached hydrogens (tertiary/aromatic N) is 3. The summed E-state index contributed by atoms with van der Waals surface area (Å²) in [5, 5.41) is 0. The summed E-state index contributed by atoms with van der Waals surface area (Å²) >= 11 is 0.